The number of carboxylic acid groups (broad SMARTS) is 1. The lowest BCUT2D eigenvalue weighted by Gasteiger charge is -2.46. The van der Waals surface area contributed by atoms with E-state index in [9.17, 15) is 14.9 Å². The molecule has 0 aromatic heterocycles. The lowest BCUT2D eigenvalue weighted by molar-refractivity contribution is -0.162. The molecule has 1 atom stereocenters. The number of benzene rings is 2. The summed E-state index contributed by atoms with van der Waals surface area (Å²) in [4.78, 5) is 27.4. The molecule has 2 aromatic rings. The Kier molecular flexibility index (Phi) is 7.20. The molecule has 0 aliphatic carbocycles. The van der Waals surface area contributed by atoms with Gasteiger partial charge >= 0.3 is 6.09 Å². The number of carbonyl (C=O) groups is 2. The van der Waals surface area contributed by atoms with Crippen molar-refractivity contribution < 1.29 is 33.3 Å². The summed E-state index contributed by atoms with van der Waals surface area (Å²) in [6.45, 7) is 3.84. The number of nitriles is 1. The summed E-state index contributed by atoms with van der Waals surface area (Å²) in [6, 6.07) is 12.6. The highest BCUT2D eigenvalue weighted by atomic mass is 19.1. The Balaban J connectivity index is 1.13. The predicted molar refractivity (Wildman–Crippen MR) is 144 cm³/mol. The Hall–Kier alpha value is -3.56. The molecular formula is C30H33FN4O6. The number of nitrogens with zero attached hydrogens (tertiary/aromatic N) is 3. The molecule has 3 fully saturated rings. The lowest BCUT2D eigenvalue weighted by atomic mass is 9.82. The van der Waals surface area contributed by atoms with Gasteiger partial charge in [-0.15, -0.1) is 0 Å². The maximum Gasteiger partial charge on any atom is 0.407 e. The molecule has 11 heteroatoms. The van der Waals surface area contributed by atoms with E-state index in [0.717, 1.165) is 55.2 Å². The van der Waals surface area contributed by atoms with Gasteiger partial charge in [-0.05, 0) is 52.8 Å². The van der Waals surface area contributed by atoms with Crippen LogP contribution in [0.1, 0.15) is 29.5 Å². The van der Waals surface area contributed by atoms with Crippen LogP contribution in [0.2, 0.25) is 0 Å². The first-order valence-corrected chi connectivity index (χ1v) is 13.9. The second-order valence-electron chi connectivity index (χ2n) is 11.4. The number of piperidine rings is 1. The molecule has 216 valence electrons. The molecule has 4 aliphatic heterocycles. The third-order valence-electron chi connectivity index (χ3n) is 9.09. The summed E-state index contributed by atoms with van der Waals surface area (Å²) in [7, 11) is 1.32. The fraction of sp³-hybridized carbons (Fsp3) is 0.500. The maximum absolute atomic E-state index is 15.3. The van der Waals surface area contributed by atoms with Gasteiger partial charge in [-0.1, -0.05) is 24.3 Å². The Morgan fingerprint density at radius 1 is 1.20 bits per heavy atom. The molecular weight excluding hydrogens is 531 g/mol. The van der Waals surface area contributed by atoms with Crippen LogP contribution in [0.4, 0.5) is 9.18 Å². The number of hydrogen-bond donors (Lipinski definition) is 2. The number of methoxy groups -OCH3 is 1. The van der Waals surface area contributed by atoms with Crippen molar-refractivity contribution in [1.82, 2.24) is 15.1 Å². The Morgan fingerprint density at radius 3 is 2.51 bits per heavy atom. The van der Waals surface area contributed by atoms with Crippen molar-refractivity contribution in [2.24, 2.45) is 0 Å². The van der Waals surface area contributed by atoms with E-state index in [4.69, 9.17) is 19.3 Å². The van der Waals surface area contributed by atoms with Crippen molar-refractivity contribution in [3.8, 4) is 17.2 Å². The van der Waals surface area contributed by atoms with Gasteiger partial charge in [0, 0.05) is 26.6 Å². The van der Waals surface area contributed by atoms with Crippen LogP contribution in [-0.2, 0) is 37.6 Å². The third kappa shape index (κ3) is 4.95. The van der Waals surface area contributed by atoms with Crippen molar-refractivity contribution in [1.29, 1.82) is 5.26 Å². The van der Waals surface area contributed by atoms with Gasteiger partial charge in [-0.3, -0.25) is 9.69 Å². The van der Waals surface area contributed by atoms with Gasteiger partial charge in [-0.25, -0.2) is 9.18 Å². The minimum atomic E-state index is -1.35. The summed E-state index contributed by atoms with van der Waals surface area (Å²) in [5, 5.41) is 21.3. The van der Waals surface area contributed by atoms with Crippen molar-refractivity contribution in [3.63, 3.8) is 0 Å². The highest BCUT2D eigenvalue weighted by Gasteiger charge is 2.52. The Labute approximate surface area is 237 Å². The largest absolute Gasteiger partial charge is 0.465 e. The van der Waals surface area contributed by atoms with E-state index < -0.39 is 29.5 Å². The molecule has 0 bridgehead atoms. The average molecular weight is 565 g/mol. The van der Waals surface area contributed by atoms with E-state index >= 15 is 4.39 Å². The van der Waals surface area contributed by atoms with Gasteiger partial charge in [0.1, 0.15) is 11.9 Å². The normalized spacial score (nSPS) is 21.8. The minimum Gasteiger partial charge on any atom is -0.465 e. The number of amides is 2. The topological polar surface area (TPSA) is 124 Å². The molecule has 2 amide bonds. The molecule has 1 spiro atoms. The first-order chi connectivity index (χ1) is 19.8. The van der Waals surface area contributed by atoms with Crippen LogP contribution in [0.15, 0.2) is 36.4 Å². The van der Waals surface area contributed by atoms with Crippen LogP contribution >= 0.6 is 0 Å². The molecule has 2 N–H and O–H groups in total. The quantitative estimate of drug-likeness (QED) is 0.526. The van der Waals surface area contributed by atoms with E-state index in [2.05, 4.69) is 22.3 Å². The fourth-order valence-electron chi connectivity index (χ4n) is 6.30. The molecule has 2 aromatic carbocycles. The van der Waals surface area contributed by atoms with Crippen molar-refractivity contribution >= 4 is 12.0 Å². The second kappa shape index (κ2) is 10.7. The Bertz CT molecular complexity index is 1390. The van der Waals surface area contributed by atoms with Crippen molar-refractivity contribution in [2.45, 2.75) is 49.2 Å². The number of likely N-dealkylation sites (tertiary alicyclic amines) is 2. The zero-order valence-electron chi connectivity index (χ0n) is 22.9. The van der Waals surface area contributed by atoms with E-state index in [-0.39, 0.29) is 25.1 Å². The zero-order valence-corrected chi connectivity index (χ0v) is 22.9. The summed E-state index contributed by atoms with van der Waals surface area (Å²) in [5.74, 6) is -1.07. The fourth-order valence-corrected chi connectivity index (χ4v) is 6.30. The predicted octanol–water partition coefficient (Wildman–Crippen LogP) is 2.64. The zero-order chi connectivity index (χ0) is 28.8. The van der Waals surface area contributed by atoms with Crippen LogP contribution in [0.25, 0.3) is 11.1 Å². The first kappa shape index (κ1) is 27.6. The van der Waals surface area contributed by atoms with E-state index in [1.807, 2.05) is 18.2 Å². The monoisotopic (exact) mass is 564 g/mol. The summed E-state index contributed by atoms with van der Waals surface area (Å²) >= 11 is 0. The SMILES string of the molecule is COC1(C(=O)NC(C#N)Cc2ccc(-c3ccc4c(c3)C3(CCN(C5COC5)CC3)OC4)cc2F)CN(C(=O)O)C1. The smallest absolute Gasteiger partial charge is 0.407 e. The van der Waals surface area contributed by atoms with Crippen LogP contribution in [0, 0.1) is 17.1 Å². The average Bonchev–Trinajstić information content (AvgIpc) is 3.26. The highest BCUT2D eigenvalue weighted by Crippen LogP contribution is 2.46. The Morgan fingerprint density at radius 2 is 1.90 bits per heavy atom. The summed E-state index contributed by atoms with van der Waals surface area (Å²) < 4.78 is 32.3. The van der Waals surface area contributed by atoms with Gasteiger partial charge in [0.2, 0.25) is 0 Å². The summed E-state index contributed by atoms with van der Waals surface area (Å²) in [6.07, 6.45) is 0.626. The molecule has 0 saturated carbocycles. The molecule has 41 heavy (non-hydrogen) atoms. The number of nitrogens with one attached hydrogen (secondary N) is 1. The van der Waals surface area contributed by atoms with Crippen molar-refractivity contribution in [2.75, 3.05) is 46.5 Å². The minimum absolute atomic E-state index is 0.0412. The lowest BCUT2D eigenvalue weighted by Crippen LogP contribution is -2.71. The van der Waals surface area contributed by atoms with Gasteiger partial charge in [0.15, 0.2) is 5.60 Å². The number of hydrogen-bond acceptors (Lipinski definition) is 7. The third-order valence-corrected chi connectivity index (χ3v) is 9.09. The van der Waals surface area contributed by atoms with Gasteiger partial charge in [0.05, 0.1) is 50.6 Å². The van der Waals surface area contributed by atoms with Crippen LogP contribution in [0.3, 0.4) is 0 Å². The number of halogens is 1. The summed E-state index contributed by atoms with van der Waals surface area (Å²) in [5.41, 5.74) is 2.60. The molecule has 1 unspecified atom stereocenters. The number of fused-ring (bicyclic) bond motifs is 2. The van der Waals surface area contributed by atoms with Crippen molar-refractivity contribution in [3.05, 3.63) is 58.9 Å². The number of carbonyl (C=O) groups excluding carboxylic acids is 1. The van der Waals surface area contributed by atoms with Gasteiger partial charge < -0.3 is 29.5 Å². The second-order valence-corrected chi connectivity index (χ2v) is 11.4. The molecule has 3 saturated heterocycles. The van der Waals surface area contributed by atoms with E-state index in [1.54, 1.807) is 6.07 Å². The standard InChI is InChI=1S/C30H33FN4O6/c1-39-30(17-35(18-30)28(37)38)27(36)33-23(13-32)10-21-4-2-20(12-26(21)31)19-3-5-22-14-41-29(25(22)11-19)6-8-34(9-7-29)24-15-40-16-24/h2-5,11-12,23-24H,6-10,14-18H2,1H3,(H,33,36)(H,37,38). The van der Waals surface area contributed by atoms with Gasteiger partial charge in [0.25, 0.3) is 5.91 Å². The molecule has 10 nitrogen and oxygen atoms in total. The number of rotatable bonds is 7. The van der Waals surface area contributed by atoms with E-state index in [0.29, 0.717) is 18.2 Å². The first-order valence-electron chi connectivity index (χ1n) is 13.9. The maximum atomic E-state index is 15.3. The van der Waals surface area contributed by atoms with Gasteiger partial charge in [-0.2, -0.15) is 5.26 Å². The number of ether oxygens (including phenoxy) is 3. The van der Waals surface area contributed by atoms with E-state index in [1.165, 1.54) is 24.3 Å². The molecule has 6 rings (SSSR count). The molecule has 4 aliphatic rings. The molecule has 0 radical (unpaired) electrons. The highest BCUT2D eigenvalue weighted by molar-refractivity contribution is 5.89. The van der Waals surface area contributed by atoms with Crippen LogP contribution < -0.4 is 5.32 Å². The van der Waals surface area contributed by atoms with Crippen LogP contribution in [0.5, 0.6) is 0 Å². The molecule has 4 heterocycles. The van der Waals surface area contributed by atoms with Crippen LogP contribution in [-0.4, -0.2) is 91.1 Å².